The lowest BCUT2D eigenvalue weighted by Crippen LogP contribution is -2.62. The van der Waals surface area contributed by atoms with Gasteiger partial charge in [-0.3, -0.25) is 0 Å². The van der Waals surface area contributed by atoms with Crippen LogP contribution in [0.1, 0.15) is 111 Å². The van der Waals surface area contributed by atoms with Crippen molar-refractivity contribution in [2.45, 2.75) is 121 Å². The van der Waals surface area contributed by atoms with Crippen LogP contribution in [0.5, 0.6) is 0 Å². The van der Waals surface area contributed by atoms with Crippen molar-refractivity contribution >= 4 is 69.0 Å². The van der Waals surface area contributed by atoms with E-state index in [2.05, 4.69) is 239 Å². The van der Waals surface area contributed by atoms with E-state index in [1.165, 1.54) is 111 Å². The van der Waals surface area contributed by atoms with E-state index in [4.69, 9.17) is 0 Å². The Kier molecular flexibility index (Phi) is 9.61. The second-order valence-corrected chi connectivity index (χ2v) is 23.9. The highest BCUT2D eigenvalue weighted by Crippen LogP contribution is 2.56. The standard InChI is InChI=1S/C59H63BN3S/c1-36-17-15-16-18-44(36)49-29-37(27-28-61(49)14)38-30-50-54-51(31-38)63-48-26-22-41(58(8,9)10)34-52(48)64-53-35-42(59(11,12)13)33-46(55(53)63)60(54)45-32-40(57(5,6)7)21-25-47(45)62(50)43-23-19-39(20-24-43)56(2,3)4/h15-35H,1-14H3/q+1. The predicted octanol–water partition coefficient (Wildman–Crippen LogP) is 13.9. The molecule has 3 nitrogen and oxygen atoms in total. The van der Waals surface area contributed by atoms with E-state index in [-0.39, 0.29) is 28.4 Å². The predicted molar refractivity (Wildman–Crippen MR) is 276 cm³/mol. The summed E-state index contributed by atoms with van der Waals surface area (Å²) in [5.74, 6) is 0. The first-order valence-corrected chi connectivity index (χ1v) is 24.0. The maximum Gasteiger partial charge on any atom is 0.252 e. The third-order valence-corrected chi connectivity index (χ3v) is 15.1. The van der Waals surface area contributed by atoms with Gasteiger partial charge in [-0.15, -0.1) is 0 Å². The quantitative estimate of drug-likeness (QED) is 0.130. The zero-order chi connectivity index (χ0) is 45.4. The average molecular weight is 857 g/mol. The number of anilines is 6. The van der Waals surface area contributed by atoms with E-state index in [1.807, 2.05) is 11.8 Å². The molecule has 5 heteroatoms. The summed E-state index contributed by atoms with van der Waals surface area (Å²) in [4.78, 5) is 7.88. The number of pyridine rings is 1. The van der Waals surface area contributed by atoms with Crippen LogP contribution in [0.2, 0.25) is 0 Å². The maximum absolute atomic E-state index is 2.65. The molecule has 10 rings (SSSR count). The highest BCUT2D eigenvalue weighted by Gasteiger charge is 2.47. The smallest absolute Gasteiger partial charge is 0.252 e. The summed E-state index contributed by atoms with van der Waals surface area (Å²) < 4.78 is 2.26. The van der Waals surface area contributed by atoms with Crippen LogP contribution in [-0.2, 0) is 28.7 Å². The van der Waals surface area contributed by atoms with E-state index in [0.717, 1.165) is 0 Å². The van der Waals surface area contributed by atoms with Crippen molar-refractivity contribution in [3.8, 4) is 22.4 Å². The van der Waals surface area contributed by atoms with Gasteiger partial charge in [0, 0.05) is 50.2 Å². The van der Waals surface area contributed by atoms with E-state index < -0.39 is 0 Å². The lowest BCUT2D eigenvalue weighted by Gasteiger charge is -2.47. The Morgan fingerprint density at radius 3 is 1.69 bits per heavy atom. The minimum absolute atomic E-state index is 0.0214. The summed E-state index contributed by atoms with van der Waals surface area (Å²) in [5, 5.41) is 0. The van der Waals surface area contributed by atoms with E-state index >= 15 is 0 Å². The van der Waals surface area contributed by atoms with Crippen molar-refractivity contribution in [2.75, 3.05) is 9.80 Å². The Morgan fingerprint density at radius 2 is 1.05 bits per heavy atom. The molecule has 0 spiro atoms. The van der Waals surface area contributed by atoms with E-state index in [9.17, 15) is 0 Å². The fourth-order valence-corrected chi connectivity index (χ4v) is 11.3. The van der Waals surface area contributed by atoms with Crippen molar-refractivity contribution in [3.63, 3.8) is 0 Å². The molecule has 0 radical (unpaired) electrons. The zero-order valence-electron chi connectivity index (χ0n) is 40.5. The summed E-state index contributed by atoms with van der Waals surface area (Å²) in [6, 6.07) is 47.5. The fourth-order valence-electron chi connectivity index (χ4n) is 10.1. The summed E-state index contributed by atoms with van der Waals surface area (Å²) in [7, 11) is 2.16. The van der Waals surface area contributed by atoms with Gasteiger partial charge < -0.3 is 9.80 Å². The third-order valence-electron chi connectivity index (χ3n) is 14.0. The molecule has 7 aromatic rings. The van der Waals surface area contributed by atoms with Gasteiger partial charge in [0.15, 0.2) is 6.20 Å². The second kappa shape index (κ2) is 14.5. The SMILES string of the molecule is Cc1ccccc1-c1cc(-c2cc3c4c(c2)N2c5ccc(C(C)(C)C)cc5Sc5cc(C(C)(C)C)cc(c52)B4c2cc(C(C)(C)C)ccc2N3c2ccc(C(C)(C)C)cc2)cc[n+]1C. The minimum Gasteiger partial charge on any atom is -0.311 e. The average Bonchev–Trinajstić information content (AvgIpc) is 3.23. The van der Waals surface area contributed by atoms with Crippen LogP contribution in [0.25, 0.3) is 22.4 Å². The highest BCUT2D eigenvalue weighted by molar-refractivity contribution is 7.99. The monoisotopic (exact) mass is 856 g/mol. The first-order chi connectivity index (χ1) is 30.1. The molecular formula is C59H63BN3S+. The van der Waals surface area contributed by atoms with Gasteiger partial charge in [0.1, 0.15) is 7.05 Å². The number of aromatic nitrogens is 1. The molecule has 0 fully saturated rings. The molecule has 1 aromatic heterocycles. The summed E-state index contributed by atoms with van der Waals surface area (Å²) in [6.07, 6.45) is 2.24. The number of rotatable bonds is 3. The molecule has 0 aliphatic carbocycles. The molecule has 0 unspecified atom stereocenters. The van der Waals surface area contributed by atoms with Crippen molar-refractivity contribution in [1.82, 2.24) is 0 Å². The van der Waals surface area contributed by atoms with Crippen LogP contribution in [-0.4, -0.2) is 6.71 Å². The topological polar surface area (TPSA) is 10.4 Å². The molecule has 0 bridgehead atoms. The number of fused-ring (bicyclic) bond motifs is 6. The van der Waals surface area contributed by atoms with Gasteiger partial charge >= 0.3 is 0 Å². The van der Waals surface area contributed by atoms with Crippen molar-refractivity contribution in [1.29, 1.82) is 0 Å². The van der Waals surface area contributed by atoms with Gasteiger partial charge in [-0.25, -0.2) is 4.57 Å². The third kappa shape index (κ3) is 6.92. The van der Waals surface area contributed by atoms with Crippen LogP contribution < -0.4 is 30.8 Å². The molecule has 0 saturated heterocycles. The maximum atomic E-state index is 2.65. The van der Waals surface area contributed by atoms with Gasteiger partial charge in [0.2, 0.25) is 5.69 Å². The summed E-state index contributed by atoms with van der Waals surface area (Å²) in [5.41, 5.74) is 23.2. The molecular weight excluding hydrogens is 794 g/mol. The number of benzene rings is 6. The second-order valence-electron chi connectivity index (χ2n) is 22.8. The molecule has 0 atom stereocenters. The fraction of sp³-hybridized carbons (Fsp3) is 0.305. The number of hydrogen-bond acceptors (Lipinski definition) is 3. The molecule has 0 saturated carbocycles. The van der Waals surface area contributed by atoms with Gasteiger partial charge in [-0.2, -0.15) is 0 Å². The Morgan fingerprint density at radius 1 is 0.484 bits per heavy atom. The van der Waals surface area contributed by atoms with Gasteiger partial charge in [0.05, 0.1) is 11.4 Å². The minimum atomic E-state index is -0.0404. The van der Waals surface area contributed by atoms with Crippen molar-refractivity contribution in [3.05, 3.63) is 155 Å². The lowest BCUT2D eigenvalue weighted by molar-refractivity contribution is -0.660. The number of aryl methyl sites for hydroxylation is 2. The van der Waals surface area contributed by atoms with Crippen molar-refractivity contribution < 1.29 is 4.57 Å². The molecule has 3 aliphatic rings. The first-order valence-electron chi connectivity index (χ1n) is 23.2. The van der Waals surface area contributed by atoms with Gasteiger partial charge in [-0.1, -0.05) is 149 Å². The van der Waals surface area contributed by atoms with E-state index in [1.54, 1.807) is 0 Å². The van der Waals surface area contributed by atoms with Crippen LogP contribution >= 0.6 is 11.8 Å². The van der Waals surface area contributed by atoms with Gasteiger partial charge in [0.25, 0.3) is 6.71 Å². The number of nitrogens with zero attached hydrogens (tertiary/aromatic N) is 3. The molecule has 6 aromatic carbocycles. The van der Waals surface area contributed by atoms with Crippen LogP contribution in [0.3, 0.4) is 0 Å². The zero-order valence-corrected chi connectivity index (χ0v) is 41.3. The van der Waals surface area contributed by atoms with Crippen molar-refractivity contribution in [2.24, 2.45) is 7.05 Å². The van der Waals surface area contributed by atoms with E-state index in [0.29, 0.717) is 0 Å². The molecule has 4 heterocycles. The Hall–Kier alpha value is -5.52. The van der Waals surface area contributed by atoms with Crippen LogP contribution in [0.15, 0.2) is 137 Å². The largest absolute Gasteiger partial charge is 0.311 e. The lowest BCUT2D eigenvalue weighted by atomic mass is 9.33. The molecule has 0 N–H and O–H groups in total. The number of hydrogen-bond donors (Lipinski definition) is 0. The summed E-state index contributed by atoms with van der Waals surface area (Å²) >= 11 is 1.96. The molecule has 322 valence electrons. The molecule has 3 aliphatic heterocycles. The van der Waals surface area contributed by atoms with Crippen LogP contribution in [0.4, 0.5) is 34.1 Å². The summed E-state index contributed by atoms with van der Waals surface area (Å²) in [6.45, 7) is 30.3. The normalized spacial score (nSPS) is 14.2. The Bertz CT molecular complexity index is 3040. The first kappa shape index (κ1) is 42.4. The Balaban J connectivity index is 1.34. The highest BCUT2D eigenvalue weighted by atomic mass is 32.2. The molecule has 0 amide bonds. The van der Waals surface area contributed by atoms with Gasteiger partial charge in [-0.05, 0) is 139 Å². The molecule has 64 heavy (non-hydrogen) atoms. The Labute approximate surface area is 387 Å². The van der Waals surface area contributed by atoms with Crippen LogP contribution in [0, 0.1) is 6.92 Å².